The van der Waals surface area contributed by atoms with E-state index in [4.69, 9.17) is 4.74 Å². The zero-order valence-corrected chi connectivity index (χ0v) is 11.9. The quantitative estimate of drug-likeness (QED) is 0.689. The van der Waals surface area contributed by atoms with Gasteiger partial charge in [0, 0.05) is 6.04 Å². The average molecular weight is 261 g/mol. The van der Waals surface area contributed by atoms with Crippen LogP contribution in [0.3, 0.4) is 0 Å². The molecule has 0 aromatic carbocycles. The zero-order chi connectivity index (χ0) is 14.1. The maximum atomic E-state index is 5.28. The van der Waals surface area contributed by atoms with Crippen LogP contribution in [0.1, 0.15) is 38.4 Å². The van der Waals surface area contributed by atoms with Gasteiger partial charge in [-0.1, -0.05) is 32.4 Å². The minimum Gasteiger partial charge on any atom is -0.491 e. The highest BCUT2D eigenvalue weighted by atomic mass is 16.5. The average Bonchev–Trinajstić information content (AvgIpc) is 2.44. The molecule has 1 N–H and O–H groups in total. The second-order valence-electron chi connectivity index (χ2n) is 4.36. The molecule has 0 radical (unpaired) electrons. The van der Waals surface area contributed by atoms with E-state index < -0.39 is 0 Å². The van der Waals surface area contributed by atoms with E-state index in [2.05, 4.69) is 35.4 Å². The van der Waals surface area contributed by atoms with E-state index in [0.717, 1.165) is 18.7 Å². The zero-order valence-electron chi connectivity index (χ0n) is 11.9. The number of anilines is 1. The molecule has 1 aromatic rings. The molecule has 0 saturated heterocycles. The summed E-state index contributed by atoms with van der Waals surface area (Å²) in [5, 5.41) is 3.41. The summed E-state index contributed by atoms with van der Waals surface area (Å²) in [7, 11) is 1.62. The van der Waals surface area contributed by atoms with Crippen molar-refractivity contribution in [2.24, 2.45) is 0 Å². The van der Waals surface area contributed by atoms with E-state index in [-0.39, 0.29) is 0 Å². The highest BCUT2D eigenvalue weighted by Gasteiger charge is 2.12. The van der Waals surface area contributed by atoms with Gasteiger partial charge >= 0.3 is 0 Å². The minimum absolute atomic E-state index is 0.318. The Labute approximate surface area is 115 Å². The molecule has 0 spiro atoms. The molecule has 104 valence electrons. The van der Waals surface area contributed by atoms with E-state index >= 15 is 0 Å². The summed E-state index contributed by atoms with van der Waals surface area (Å²) >= 11 is 0. The van der Waals surface area contributed by atoms with E-state index in [1.54, 1.807) is 19.4 Å². The number of aromatic nitrogens is 2. The van der Waals surface area contributed by atoms with Crippen LogP contribution in [0.4, 0.5) is 5.82 Å². The molecule has 19 heavy (non-hydrogen) atoms. The molecule has 0 aliphatic heterocycles. The van der Waals surface area contributed by atoms with Gasteiger partial charge in [0.1, 0.15) is 0 Å². The van der Waals surface area contributed by atoms with Crippen LogP contribution in [-0.4, -0.2) is 23.1 Å². The van der Waals surface area contributed by atoms with Crippen LogP contribution in [0.15, 0.2) is 25.4 Å². The first-order valence-corrected chi connectivity index (χ1v) is 6.66. The summed E-state index contributed by atoms with van der Waals surface area (Å²) in [6, 6.07) is 0.318. The number of hydrogen-bond acceptors (Lipinski definition) is 4. The van der Waals surface area contributed by atoms with Gasteiger partial charge in [-0.05, 0) is 18.9 Å². The summed E-state index contributed by atoms with van der Waals surface area (Å²) in [6.45, 7) is 9.68. The summed E-state index contributed by atoms with van der Waals surface area (Å²) in [5.74, 6) is 1.96. The standard InChI is InChI=1S/C15H23N3O/c1-5-8-10-12(9-6-2)17-15-13(19-4)11-16-14(7-3)18-15/h6-7,11-12H,2-3,5,8-10H2,1,4H3,(H,16,17,18)/t12-/m1/s1. The first-order chi connectivity index (χ1) is 9.24. The lowest BCUT2D eigenvalue weighted by Crippen LogP contribution is -2.20. The van der Waals surface area contributed by atoms with Crippen LogP contribution in [0.25, 0.3) is 6.08 Å². The third kappa shape index (κ3) is 4.73. The molecule has 1 aromatic heterocycles. The summed E-state index contributed by atoms with van der Waals surface area (Å²) in [6.07, 6.45) is 9.54. The highest BCUT2D eigenvalue weighted by Crippen LogP contribution is 2.23. The lowest BCUT2D eigenvalue weighted by Gasteiger charge is -2.19. The highest BCUT2D eigenvalue weighted by molar-refractivity contribution is 5.52. The van der Waals surface area contributed by atoms with Gasteiger partial charge in [0.25, 0.3) is 0 Å². The Morgan fingerprint density at radius 1 is 1.47 bits per heavy atom. The lowest BCUT2D eigenvalue weighted by molar-refractivity contribution is 0.411. The summed E-state index contributed by atoms with van der Waals surface area (Å²) in [5.41, 5.74) is 0. The van der Waals surface area contributed by atoms with Crippen LogP contribution < -0.4 is 10.1 Å². The fourth-order valence-electron chi connectivity index (χ4n) is 1.83. The molecule has 1 rings (SSSR count). The van der Waals surface area contributed by atoms with Crippen LogP contribution in [0.5, 0.6) is 5.75 Å². The van der Waals surface area contributed by atoms with Gasteiger partial charge in [-0.3, -0.25) is 0 Å². The second kappa shape index (κ2) is 8.29. The van der Waals surface area contributed by atoms with E-state index in [0.29, 0.717) is 17.6 Å². The van der Waals surface area contributed by atoms with Crippen molar-refractivity contribution in [3.63, 3.8) is 0 Å². The van der Waals surface area contributed by atoms with Crippen molar-refractivity contribution in [1.29, 1.82) is 0 Å². The van der Waals surface area contributed by atoms with E-state index in [1.165, 1.54) is 12.8 Å². The molecule has 0 bridgehead atoms. The van der Waals surface area contributed by atoms with Crippen LogP contribution >= 0.6 is 0 Å². The number of nitrogens with one attached hydrogen (secondary N) is 1. The largest absolute Gasteiger partial charge is 0.491 e. The fraction of sp³-hybridized carbons (Fsp3) is 0.467. The maximum Gasteiger partial charge on any atom is 0.179 e. The third-order valence-electron chi connectivity index (χ3n) is 2.87. The van der Waals surface area contributed by atoms with E-state index in [9.17, 15) is 0 Å². The molecular formula is C15H23N3O. The third-order valence-corrected chi connectivity index (χ3v) is 2.87. The molecular weight excluding hydrogens is 238 g/mol. The first kappa shape index (κ1) is 15.2. The predicted molar refractivity (Wildman–Crippen MR) is 80.4 cm³/mol. The van der Waals surface area contributed by atoms with Gasteiger partial charge in [-0.2, -0.15) is 0 Å². The number of nitrogens with zero attached hydrogens (tertiary/aromatic N) is 2. The normalized spacial score (nSPS) is 11.7. The van der Waals surface area contributed by atoms with Gasteiger partial charge in [-0.25, -0.2) is 9.97 Å². The van der Waals surface area contributed by atoms with Gasteiger partial charge in [0.15, 0.2) is 17.4 Å². The van der Waals surface area contributed by atoms with Crippen LogP contribution in [0, 0.1) is 0 Å². The molecule has 0 saturated carbocycles. The van der Waals surface area contributed by atoms with Crippen molar-refractivity contribution >= 4 is 11.9 Å². The summed E-state index contributed by atoms with van der Waals surface area (Å²) < 4.78 is 5.28. The fourth-order valence-corrected chi connectivity index (χ4v) is 1.83. The summed E-state index contributed by atoms with van der Waals surface area (Å²) in [4.78, 5) is 8.52. The molecule has 4 nitrogen and oxygen atoms in total. The molecule has 0 aliphatic carbocycles. The number of rotatable bonds is 9. The van der Waals surface area contributed by atoms with Crippen molar-refractivity contribution in [3.8, 4) is 5.75 Å². The number of hydrogen-bond donors (Lipinski definition) is 1. The monoisotopic (exact) mass is 261 g/mol. The Bertz CT molecular complexity index is 418. The topological polar surface area (TPSA) is 47.0 Å². The van der Waals surface area contributed by atoms with Crippen molar-refractivity contribution in [2.45, 2.75) is 38.6 Å². The number of ether oxygens (including phenoxy) is 1. The predicted octanol–water partition coefficient (Wildman–Crippen LogP) is 3.68. The van der Waals surface area contributed by atoms with Crippen molar-refractivity contribution in [1.82, 2.24) is 9.97 Å². The second-order valence-corrected chi connectivity index (χ2v) is 4.36. The molecule has 0 fully saturated rings. The number of methoxy groups -OCH3 is 1. The molecule has 0 unspecified atom stereocenters. The molecule has 1 atom stereocenters. The molecule has 0 amide bonds. The van der Waals surface area contributed by atoms with Gasteiger partial charge in [-0.15, -0.1) is 6.58 Å². The first-order valence-electron chi connectivity index (χ1n) is 6.66. The maximum absolute atomic E-state index is 5.28. The van der Waals surface area contributed by atoms with Crippen molar-refractivity contribution < 1.29 is 4.74 Å². The van der Waals surface area contributed by atoms with Crippen LogP contribution in [-0.2, 0) is 0 Å². The Hall–Kier alpha value is -1.84. The van der Waals surface area contributed by atoms with Gasteiger partial charge < -0.3 is 10.1 Å². The van der Waals surface area contributed by atoms with Crippen molar-refractivity contribution in [3.05, 3.63) is 31.3 Å². The Balaban J connectivity index is 2.86. The molecule has 0 aliphatic rings. The Kier molecular flexibility index (Phi) is 6.64. The Morgan fingerprint density at radius 3 is 2.84 bits per heavy atom. The molecule has 1 heterocycles. The van der Waals surface area contributed by atoms with Crippen molar-refractivity contribution in [2.75, 3.05) is 12.4 Å². The lowest BCUT2D eigenvalue weighted by atomic mass is 10.1. The molecule has 4 heteroatoms. The van der Waals surface area contributed by atoms with Gasteiger partial charge in [0.05, 0.1) is 13.3 Å². The Morgan fingerprint density at radius 2 is 2.26 bits per heavy atom. The minimum atomic E-state index is 0.318. The van der Waals surface area contributed by atoms with Crippen LogP contribution in [0.2, 0.25) is 0 Å². The number of unbranched alkanes of at least 4 members (excludes halogenated alkanes) is 1. The van der Waals surface area contributed by atoms with Gasteiger partial charge in [0.2, 0.25) is 0 Å². The SMILES string of the molecule is C=CC[C@H](CCCC)Nc1nc(C=C)ncc1OC. The van der Waals surface area contributed by atoms with E-state index in [1.807, 2.05) is 6.08 Å². The smallest absolute Gasteiger partial charge is 0.179 e.